The standard InChI is InChI=1S/C49H40N2/c1-49(2,3)37-26-34-21-23-41-43(32-19-17-31(18-20-32)36-11-9-25-50-30-36)29-44(42-24-22-35(27-37)47(34)48(41)42)33-10-8-12-38(28-33)51-45-15-6-4-13-39(45)40-14-5-7-16-46(40)51/h4-30,39,41,43,45H,1-3H3. The van der Waals surface area contributed by atoms with Crippen LogP contribution in [0.3, 0.4) is 0 Å². The van der Waals surface area contributed by atoms with Gasteiger partial charge in [0, 0.05) is 41.5 Å². The second-order valence-electron chi connectivity index (χ2n) is 15.6. The van der Waals surface area contributed by atoms with Gasteiger partial charge in [-0.1, -0.05) is 148 Å². The molecule has 0 fully saturated rings. The molecule has 0 amide bonds. The number of hydrogen-bond acceptors (Lipinski definition) is 2. The molecule has 1 aromatic heterocycles. The van der Waals surface area contributed by atoms with Crippen molar-refractivity contribution in [3.8, 4) is 11.1 Å². The van der Waals surface area contributed by atoms with Crippen LogP contribution in [0.1, 0.15) is 77.5 Å². The van der Waals surface area contributed by atoms with Gasteiger partial charge in [-0.3, -0.25) is 4.98 Å². The molecule has 6 aromatic rings. The van der Waals surface area contributed by atoms with E-state index >= 15 is 0 Å². The molecular formula is C49H40N2. The highest BCUT2D eigenvalue weighted by Gasteiger charge is 2.38. The van der Waals surface area contributed by atoms with Crippen molar-refractivity contribution < 1.29 is 0 Å². The van der Waals surface area contributed by atoms with Gasteiger partial charge in [-0.25, -0.2) is 0 Å². The molecule has 3 aliphatic carbocycles. The Morgan fingerprint density at radius 1 is 0.667 bits per heavy atom. The monoisotopic (exact) mass is 656 g/mol. The zero-order valence-corrected chi connectivity index (χ0v) is 29.3. The fourth-order valence-electron chi connectivity index (χ4n) is 9.05. The molecule has 0 N–H and O–H groups in total. The number of para-hydroxylation sites is 1. The predicted molar refractivity (Wildman–Crippen MR) is 214 cm³/mol. The minimum Gasteiger partial charge on any atom is -0.333 e. The predicted octanol–water partition coefficient (Wildman–Crippen LogP) is 12.3. The lowest BCUT2D eigenvalue weighted by Gasteiger charge is -2.36. The van der Waals surface area contributed by atoms with Gasteiger partial charge in [-0.15, -0.1) is 0 Å². The molecule has 0 saturated heterocycles. The number of anilines is 2. The first-order valence-corrected chi connectivity index (χ1v) is 18.3. The molecule has 0 radical (unpaired) electrons. The van der Waals surface area contributed by atoms with E-state index < -0.39 is 0 Å². The van der Waals surface area contributed by atoms with Gasteiger partial charge in [0.05, 0.1) is 6.04 Å². The number of rotatable bonds is 4. The maximum absolute atomic E-state index is 4.37. The number of benzene rings is 5. The number of aromatic nitrogens is 1. The topological polar surface area (TPSA) is 16.1 Å². The summed E-state index contributed by atoms with van der Waals surface area (Å²) in [5, 5.41) is 2.74. The smallest absolute Gasteiger partial charge is 0.0629 e. The van der Waals surface area contributed by atoms with Gasteiger partial charge in [0.1, 0.15) is 0 Å². The molecule has 5 aromatic carbocycles. The molecule has 51 heavy (non-hydrogen) atoms. The molecule has 2 heterocycles. The third-order valence-corrected chi connectivity index (χ3v) is 11.6. The second-order valence-corrected chi connectivity index (χ2v) is 15.6. The Balaban J connectivity index is 1.15. The van der Waals surface area contributed by atoms with E-state index in [1.807, 2.05) is 18.5 Å². The largest absolute Gasteiger partial charge is 0.333 e. The Labute approximate surface area is 300 Å². The summed E-state index contributed by atoms with van der Waals surface area (Å²) < 4.78 is 0. The summed E-state index contributed by atoms with van der Waals surface area (Å²) in [5.41, 5.74) is 15.8. The van der Waals surface area contributed by atoms with Crippen LogP contribution in [0.4, 0.5) is 11.4 Å². The van der Waals surface area contributed by atoms with Crippen LogP contribution in [0, 0.1) is 0 Å². The maximum atomic E-state index is 4.37. The highest BCUT2D eigenvalue weighted by atomic mass is 15.2. The molecule has 1 aliphatic heterocycles. The quantitative estimate of drug-likeness (QED) is 0.188. The number of fused-ring (bicyclic) bond motifs is 3. The summed E-state index contributed by atoms with van der Waals surface area (Å²) >= 11 is 0. The molecule has 246 valence electrons. The Morgan fingerprint density at radius 2 is 1.51 bits per heavy atom. The summed E-state index contributed by atoms with van der Waals surface area (Å²) in [5.74, 6) is 0.801. The van der Waals surface area contributed by atoms with Gasteiger partial charge in [-0.05, 0) is 96.1 Å². The van der Waals surface area contributed by atoms with Crippen LogP contribution >= 0.6 is 0 Å². The van der Waals surface area contributed by atoms with E-state index in [0.717, 1.165) is 5.56 Å². The van der Waals surface area contributed by atoms with E-state index in [2.05, 4.69) is 176 Å². The van der Waals surface area contributed by atoms with Crippen LogP contribution in [-0.2, 0) is 5.41 Å². The Hall–Kier alpha value is -5.73. The first kappa shape index (κ1) is 30.1. The van der Waals surface area contributed by atoms with Gasteiger partial charge < -0.3 is 4.90 Å². The summed E-state index contributed by atoms with van der Waals surface area (Å²) in [6.07, 6.45) is 20.3. The first-order chi connectivity index (χ1) is 24.9. The molecule has 0 saturated carbocycles. The van der Waals surface area contributed by atoms with Gasteiger partial charge >= 0.3 is 0 Å². The van der Waals surface area contributed by atoms with Crippen LogP contribution in [0.5, 0.6) is 0 Å². The molecular weight excluding hydrogens is 617 g/mol. The van der Waals surface area contributed by atoms with E-state index in [-0.39, 0.29) is 23.3 Å². The third-order valence-electron chi connectivity index (χ3n) is 11.6. The summed E-state index contributed by atoms with van der Waals surface area (Å²) in [4.78, 5) is 6.91. The van der Waals surface area contributed by atoms with E-state index in [0.29, 0.717) is 5.92 Å². The van der Waals surface area contributed by atoms with Crippen LogP contribution < -0.4 is 4.90 Å². The minimum absolute atomic E-state index is 0.0752. The van der Waals surface area contributed by atoms with E-state index in [9.17, 15) is 0 Å². The number of pyridine rings is 1. The summed E-state index contributed by atoms with van der Waals surface area (Å²) in [6, 6.07) is 41.4. The fraction of sp³-hybridized carbons (Fsp3) is 0.163. The Morgan fingerprint density at radius 3 is 2.35 bits per heavy atom. The van der Waals surface area contributed by atoms with Crippen molar-refractivity contribution in [2.45, 2.75) is 50.0 Å². The zero-order chi connectivity index (χ0) is 34.3. The molecule has 2 nitrogen and oxygen atoms in total. The maximum Gasteiger partial charge on any atom is 0.0629 e. The van der Waals surface area contributed by atoms with Gasteiger partial charge in [0.25, 0.3) is 0 Å². The summed E-state index contributed by atoms with van der Waals surface area (Å²) in [6.45, 7) is 6.94. The Bertz CT molecular complexity index is 2470. The molecule has 0 bridgehead atoms. The molecule has 4 atom stereocenters. The van der Waals surface area contributed by atoms with Crippen molar-refractivity contribution >= 4 is 33.8 Å². The molecule has 4 unspecified atom stereocenters. The lowest BCUT2D eigenvalue weighted by atomic mass is 9.68. The van der Waals surface area contributed by atoms with Gasteiger partial charge in [0.15, 0.2) is 0 Å². The average Bonchev–Trinajstić information content (AvgIpc) is 3.51. The lowest BCUT2D eigenvalue weighted by molar-refractivity contribution is 0.591. The van der Waals surface area contributed by atoms with Crippen LogP contribution in [0.2, 0.25) is 0 Å². The highest BCUT2D eigenvalue weighted by Crippen LogP contribution is 2.53. The highest BCUT2D eigenvalue weighted by molar-refractivity contribution is 6.02. The molecule has 10 rings (SSSR count). The first-order valence-electron chi connectivity index (χ1n) is 18.3. The van der Waals surface area contributed by atoms with Gasteiger partial charge in [0.2, 0.25) is 0 Å². The normalized spacial score (nSPS) is 21.1. The molecule has 4 aliphatic rings. The summed E-state index contributed by atoms with van der Waals surface area (Å²) in [7, 11) is 0. The SMILES string of the molecule is CC(C)(C)c1cc2c3c4c(ccc3c1)C(c1cccc(N3c5ccccc5C5C=CC=CC53)c1)=CC(c1ccc(-c3cccnc3)cc1)C4C=C2. The molecule has 2 heteroatoms. The van der Waals surface area contributed by atoms with Gasteiger partial charge in [-0.2, -0.15) is 0 Å². The second kappa shape index (κ2) is 11.4. The van der Waals surface area contributed by atoms with Crippen molar-refractivity contribution in [1.82, 2.24) is 4.98 Å². The number of allylic oxidation sites excluding steroid dienone is 4. The third kappa shape index (κ3) is 4.81. The van der Waals surface area contributed by atoms with Crippen LogP contribution in [-0.4, -0.2) is 11.0 Å². The van der Waals surface area contributed by atoms with Crippen molar-refractivity contribution in [2.24, 2.45) is 0 Å². The number of hydrogen-bond donors (Lipinski definition) is 0. The Kier molecular flexibility index (Phi) is 6.73. The van der Waals surface area contributed by atoms with Crippen molar-refractivity contribution in [1.29, 1.82) is 0 Å². The van der Waals surface area contributed by atoms with Crippen molar-refractivity contribution in [2.75, 3.05) is 4.90 Å². The average molecular weight is 657 g/mol. The van der Waals surface area contributed by atoms with E-state index in [4.69, 9.17) is 0 Å². The minimum atomic E-state index is 0.0752. The lowest BCUT2D eigenvalue weighted by Crippen LogP contribution is -2.28. The van der Waals surface area contributed by atoms with E-state index in [1.54, 1.807) is 0 Å². The number of nitrogens with zero attached hydrogens (tertiary/aromatic N) is 2. The zero-order valence-electron chi connectivity index (χ0n) is 29.3. The van der Waals surface area contributed by atoms with Crippen molar-refractivity contribution in [3.05, 3.63) is 197 Å². The van der Waals surface area contributed by atoms with Crippen LogP contribution in [0.25, 0.3) is 33.5 Å². The fourth-order valence-corrected chi connectivity index (χ4v) is 9.05. The van der Waals surface area contributed by atoms with Crippen molar-refractivity contribution in [3.63, 3.8) is 0 Å². The van der Waals surface area contributed by atoms with Crippen LogP contribution in [0.15, 0.2) is 158 Å². The molecule has 0 spiro atoms. The van der Waals surface area contributed by atoms with E-state index in [1.165, 1.54) is 72.2 Å².